The average molecular weight is 469 g/mol. The number of nitrogens with one attached hydrogen (secondary N) is 2. The van der Waals surface area contributed by atoms with Crippen LogP contribution in [0.1, 0.15) is 32.4 Å². The van der Waals surface area contributed by atoms with Crippen molar-refractivity contribution in [3.8, 4) is 0 Å². The van der Waals surface area contributed by atoms with Crippen molar-refractivity contribution in [1.82, 2.24) is 24.2 Å². The third kappa shape index (κ3) is 3.78. The Hall–Kier alpha value is -2.82. The molecule has 5 rings (SSSR count). The summed E-state index contributed by atoms with van der Waals surface area (Å²) in [5.74, 6) is 0.721. The topological polar surface area (TPSA) is 104 Å². The molecule has 8 nitrogen and oxygen atoms in total. The molecule has 0 aliphatic carbocycles. The fourth-order valence-corrected chi connectivity index (χ4v) is 6.15. The molecule has 32 heavy (non-hydrogen) atoms. The summed E-state index contributed by atoms with van der Waals surface area (Å²) in [6.45, 7) is 4.55. The summed E-state index contributed by atoms with van der Waals surface area (Å²) in [4.78, 5) is 16.5. The van der Waals surface area contributed by atoms with Gasteiger partial charge in [0.15, 0.2) is 0 Å². The van der Waals surface area contributed by atoms with E-state index in [4.69, 9.17) is 0 Å². The molecule has 10 heteroatoms. The minimum absolute atomic E-state index is 0.362. The molecule has 0 bridgehead atoms. The van der Waals surface area contributed by atoms with E-state index in [1.807, 2.05) is 36.7 Å². The highest BCUT2D eigenvalue weighted by Crippen LogP contribution is 2.31. The lowest BCUT2D eigenvalue weighted by molar-refractivity contribution is 0.432. The smallest absolute Gasteiger partial charge is 0.216 e. The van der Waals surface area contributed by atoms with Gasteiger partial charge in [0.25, 0.3) is 0 Å². The molecule has 4 heterocycles. The van der Waals surface area contributed by atoms with Crippen LogP contribution in [0, 0.1) is 0 Å². The molecule has 1 aliphatic heterocycles. The molecule has 0 radical (unpaired) electrons. The highest BCUT2D eigenvalue weighted by atomic mass is 32.2. The second kappa shape index (κ2) is 8.27. The molecule has 4 aromatic rings. The zero-order chi connectivity index (χ0) is 22.3. The molecule has 2 N–H and O–H groups in total. The maximum absolute atomic E-state index is 12.6. The van der Waals surface area contributed by atoms with Crippen LogP contribution in [0.5, 0.6) is 0 Å². The number of rotatable bonds is 6. The largest absolute Gasteiger partial charge is 0.340 e. The van der Waals surface area contributed by atoms with Crippen LogP contribution in [0.4, 0.5) is 11.5 Å². The third-order valence-corrected chi connectivity index (χ3v) is 9.17. The fourth-order valence-electron chi connectivity index (χ4n) is 3.87. The van der Waals surface area contributed by atoms with Crippen molar-refractivity contribution in [3.63, 3.8) is 0 Å². The van der Waals surface area contributed by atoms with Crippen molar-refractivity contribution in [1.29, 1.82) is 0 Å². The standard InChI is InChI=1S/C22H24N6O2S2/c1-3-14(2)32(29,30)28-8-6-15(7-9-28)19-11-17-21(23-12-24-22(17)27-19)26-16-4-5-18-20(10-16)31-13-25-18/h4-6,10-14H,3,7-9H2,1-2H3,(H2,23,24,26,27). The summed E-state index contributed by atoms with van der Waals surface area (Å²) in [5.41, 5.74) is 6.53. The van der Waals surface area contributed by atoms with Gasteiger partial charge in [0.1, 0.15) is 17.8 Å². The van der Waals surface area contributed by atoms with E-state index in [9.17, 15) is 8.42 Å². The van der Waals surface area contributed by atoms with Crippen LogP contribution < -0.4 is 5.32 Å². The second-order valence-electron chi connectivity index (χ2n) is 7.93. The number of fused-ring (bicyclic) bond motifs is 2. The first-order valence-corrected chi connectivity index (χ1v) is 13.0. The quantitative estimate of drug-likeness (QED) is 0.431. The van der Waals surface area contributed by atoms with Gasteiger partial charge in [-0.25, -0.2) is 23.4 Å². The second-order valence-corrected chi connectivity index (χ2v) is 11.2. The summed E-state index contributed by atoms with van der Waals surface area (Å²) in [6.07, 6.45) is 4.79. The van der Waals surface area contributed by atoms with Gasteiger partial charge in [0, 0.05) is 24.5 Å². The van der Waals surface area contributed by atoms with Gasteiger partial charge >= 0.3 is 0 Å². The maximum atomic E-state index is 12.6. The lowest BCUT2D eigenvalue weighted by Gasteiger charge is -2.28. The number of thiazole rings is 1. The minimum atomic E-state index is -3.25. The summed E-state index contributed by atoms with van der Waals surface area (Å²) < 4.78 is 28.0. The normalized spacial score (nSPS) is 16.4. The van der Waals surface area contributed by atoms with Gasteiger partial charge in [-0.05, 0) is 49.6 Å². The Morgan fingerprint density at radius 3 is 2.91 bits per heavy atom. The molecule has 0 spiro atoms. The van der Waals surface area contributed by atoms with Crippen LogP contribution in [0.2, 0.25) is 0 Å². The van der Waals surface area contributed by atoms with Crippen molar-refractivity contribution in [3.05, 3.63) is 47.9 Å². The molecular formula is C22H24N6O2S2. The molecular weight excluding hydrogens is 444 g/mol. The van der Waals surface area contributed by atoms with Gasteiger partial charge in [-0.15, -0.1) is 11.3 Å². The van der Waals surface area contributed by atoms with E-state index in [1.165, 1.54) is 6.33 Å². The number of aromatic amines is 1. The first-order chi connectivity index (χ1) is 15.5. The molecule has 166 valence electrons. The van der Waals surface area contributed by atoms with Gasteiger partial charge in [0.05, 0.1) is 26.4 Å². The van der Waals surface area contributed by atoms with Crippen LogP contribution >= 0.6 is 11.3 Å². The summed E-state index contributed by atoms with van der Waals surface area (Å²) in [7, 11) is -3.25. The zero-order valence-electron chi connectivity index (χ0n) is 17.9. The number of hydrogen-bond acceptors (Lipinski definition) is 7. The van der Waals surface area contributed by atoms with E-state index in [1.54, 1.807) is 22.6 Å². The summed E-state index contributed by atoms with van der Waals surface area (Å²) >= 11 is 1.60. The number of H-pyrrole nitrogens is 1. The summed E-state index contributed by atoms with van der Waals surface area (Å²) in [6, 6.07) is 8.07. The Bertz CT molecular complexity index is 1420. The Labute approximate surface area is 190 Å². The lowest BCUT2D eigenvalue weighted by atomic mass is 10.1. The number of sulfonamides is 1. The molecule has 0 fully saturated rings. The van der Waals surface area contributed by atoms with Gasteiger partial charge < -0.3 is 10.3 Å². The number of nitrogens with zero attached hydrogens (tertiary/aromatic N) is 4. The van der Waals surface area contributed by atoms with Crippen molar-refractivity contribution < 1.29 is 8.42 Å². The number of aromatic nitrogens is 4. The molecule has 0 saturated heterocycles. The van der Waals surface area contributed by atoms with E-state index in [0.29, 0.717) is 25.9 Å². The predicted octanol–water partition coefficient (Wildman–Crippen LogP) is 4.53. The molecule has 1 atom stereocenters. The first kappa shape index (κ1) is 21.0. The monoisotopic (exact) mass is 468 g/mol. The van der Waals surface area contributed by atoms with Crippen molar-refractivity contribution >= 4 is 59.7 Å². The Morgan fingerprint density at radius 1 is 1.25 bits per heavy atom. The SMILES string of the molecule is CCC(C)S(=O)(=O)N1CC=C(c2cc3c(Nc4ccc5ncsc5c4)ncnc3[nH]2)CC1. The molecule has 0 amide bonds. The number of benzene rings is 1. The van der Waals surface area contributed by atoms with Gasteiger partial charge in [-0.2, -0.15) is 4.31 Å². The molecule has 0 saturated carbocycles. The van der Waals surface area contributed by atoms with Gasteiger partial charge in [0.2, 0.25) is 10.0 Å². The van der Waals surface area contributed by atoms with Crippen molar-refractivity contribution in [2.45, 2.75) is 31.9 Å². The fraction of sp³-hybridized carbons (Fsp3) is 0.318. The number of hydrogen-bond donors (Lipinski definition) is 2. The van der Waals surface area contributed by atoms with Crippen LogP contribution in [0.15, 0.2) is 42.2 Å². The van der Waals surface area contributed by atoms with E-state index < -0.39 is 10.0 Å². The average Bonchev–Trinajstić information content (AvgIpc) is 3.45. The first-order valence-electron chi connectivity index (χ1n) is 10.6. The third-order valence-electron chi connectivity index (χ3n) is 5.98. The number of anilines is 2. The molecule has 1 unspecified atom stereocenters. The molecule has 1 aliphatic rings. The minimum Gasteiger partial charge on any atom is -0.340 e. The van der Waals surface area contributed by atoms with E-state index in [0.717, 1.165) is 44.0 Å². The lowest BCUT2D eigenvalue weighted by Crippen LogP contribution is -2.39. The van der Waals surface area contributed by atoms with Crippen molar-refractivity contribution in [2.75, 3.05) is 18.4 Å². The highest BCUT2D eigenvalue weighted by molar-refractivity contribution is 7.89. The zero-order valence-corrected chi connectivity index (χ0v) is 19.5. The van der Waals surface area contributed by atoms with E-state index >= 15 is 0 Å². The Kier molecular flexibility index (Phi) is 5.44. The van der Waals surface area contributed by atoms with E-state index in [2.05, 4.69) is 31.3 Å². The van der Waals surface area contributed by atoms with Gasteiger partial charge in [-0.1, -0.05) is 13.0 Å². The van der Waals surface area contributed by atoms with Crippen molar-refractivity contribution in [2.24, 2.45) is 0 Å². The molecule has 3 aromatic heterocycles. The van der Waals surface area contributed by atoms with E-state index in [-0.39, 0.29) is 5.25 Å². The Morgan fingerprint density at radius 2 is 2.12 bits per heavy atom. The molecule has 1 aromatic carbocycles. The summed E-state index contributed by atoms with van der Waals surface area (Å²) in [5, 5.41) is 3.92. The van der Waals surface area contributed by atoms with Gasteiger partial charge in [-0.3, -0.25) is 0 Å². The Balaban J connectivity index is 1.41. The highest BCUT2D eigenvalue weighted by Gasteiger charge is 2.29. The van der Waals surface area contributed by atoms with Crippen LogP contribution in [-0.2, 0) is 10.0 Å². The predicted molar refractivity (Wildman–Crippen MR) is 130 cm³/mol. The van der Waals surface area contributed by atoms with Crippen LogP contribution in [-0.4, -0.2) is 51.0 Å². The maximum Gasteiger partial charge on any atom is 0.216 e. The van der Waals surface area contributed by atoms with Crippen LogP contribution in [0.3, 0.4) is 0 Å². The van der Waals surface area contributed by atoms with Crippen LogP contribution in [0.25, 0.3) is 26.8 Å².